The second-order valence-corrected chi connectivity index (χ2v) is 10.1. The molecule has 8 heteroatoms. The average Bonchev–Trinajstić information content (AvgIpc) is 2.73. The van der Waals surface area contributed by atoms with E-state index < -0.39 is 31.0 Å². The van der Waals surface area contributed by atoms with Crippen LogP contribution in [0.3, 0.4) is 0 Å². The normalized spacial score (nSPS) is 24.5. The molecule has 1 saturated heterocycles. The largest absolute Gasteiger partial charge is 0.497 e. The lowest BCUT2D eigenvalue weighted by Crippen LogP contribution is -2.46. The molecule has 6 nitrogen and oxygen atoms in total. The van der Waals surface area contributed by atoms with E-state index in [-0.39, 0.29) is 22.4 Å². The van der Waals surface area contributed by atoms with Gasteiger partial charge in [-0.3, -0.25) is 0 Å². The Morgan fingerprint density at radius 1 is 1.18 bits per heavy atom. The third-order valence-corrected chi connectivity index (χ3v) is 7.80. The van der Waals surface area contributed by atoms with Crippen molar-refractivity contribution in [1.82, 2.24) is 5.32 Å². The van der Waals surface area contributed by atoms with Crippen molar-refractivity contribution in [3.63, 3.8) is 0 Å². The van der Waals surface area contributed by atoms with Gasteiger partial charge in [-0.2, -0.15) is 0 Å². The zero-order valence-electron chi connectivity index (χ0n) is 12.8. The van der Waals surface area contributed by atoms with Crippen molar-refractivity contribution in [3.05, 3.63) is 24.3 Å². The van der Waals surface area contributed by atoms with Crippen LogP contribution < -0.4 is 10.1 Å². The summed E-state index contributed by atoms with van der Waals surface area (Å²) in [6, 6.07) is 5.43. The number of hydrogen-bond acceptors (Lipinski definition) is 6. The summed E-state index contributed by atoms with van der Waals surface area (Å²) in [6.07, 6.45) is 0. The van der Waals surface area contributed by atoms with E-state index in [1.165, 1.54) is 19.2 Å². The van der Waals surface area contributed by atoms with Gasteiger partial charge in [0.1, 0.15) is 5.75 Å². The summed E-state index contributed by atoms with van der Waals surface area (Å²) in [5.41, 5.74) is 0. The minimum atomic E-state index is -3.73. The number of sulfone groups is 2. The minimum Gasteiger partial charge on any atom is -0.497 e. The lowest BCUT2D eigenvalue weighted by Gasteiger charge is -2.22. The summed E-state index contributed by atoms with van der Waals surface area (Å²) in [5.74, 6) is 0.0617. The van der Waals surface area contributed by atoms with E-state index in [0.29, 0.717) is 5.75 Å². The van der Waals surface area contributed by atoms with E-state index >= 15 is 0 Å². The first-order valence-electron chi connectivity index (χ1n) is 7.00. The molecule has 22 heavy (non-hydrogen) atoms. The zero-order valence-corrected chi connectivity index (χ0v) is 14.4. The highest BCUT2D eigenvalue weighted by molar-refractivity contribution is 7.96. The van der Waals surface area contributed by atoms with Crippen LogP contribution in [0, 0.1) is 0 Å². The molecular weight excluding hydrogens is 326 g/mol. The fourth-order valence-corrected chi connectivity index (χ4v) is 7.32. The molecule has 0 amide bonds. The molecule has 124 valence electrons. The van der Waals surface area contributed by atoms with Gasteiger partial charge < -0.3 is 10.1 Å². The third kappa shape index (κ3) is 3.61. The van der Waals surface area contributed by atoms with Crippen LogP contribution >= 0.6 is 0 Å². The summed E-state index contributed by atoms with van der Waals surface area (Å²) < 4.78 is 54.3. The van der Waals surface area contributed by atoms with Gasteiger partial charge in [-0.05, 0) is 24.3 Å². The first-order valence-corrected chi connectivity index (χ1v) is 10.4. The second kappa shape index (κ2) is 6.17. The highest BCUT2D eigenvalue weighted by atomic mass is 32.2. The molecule has 0 spiro atoms. The lowest BCUT2D eigenvalue weighted by atomic mass is 10.2. The molecule has 0 radical (unpaired) electrons. The molecule has 0 saturated carbocycles. The topological polar surface area (TPSA) is 89.5 Å². The molecular formula is C14H21NO5S2. The fraction of sp³-hybridized carbons (Fsp3) is 0.571. The fourth-order valence-electron chi connectivity index (χ4n) is 2.64. The molecule has 0 aliphatic carbocycles. The molecule has 1 heterocycles. The maximum atomic E-state index is 12.8. The van der Waals surface area contributed by atoms with Crippen molar-refractivity contribution < 1.29 is 21.6 Å². The molecule has 2 rings (SSSR count). The van der Waals surface area contributed by atoms with Crippen molar-refractivity contribution >= 4 is 19.7 Å². The Hall–Kier alpha value is -1.12. The summed E-state index contributed by atoms with van der Waals surface area (Å²) in [4.78, 5) is 0.117. The van der Waals surface area contributed by atoms with Gasteiger partial charge in [0, 0.05) is 12.1 Å². The monoisotopic (exact) mass is 347 g/mol. The van der Waals surface area contributed by atoms with Crippen molar-refractivity contribution in [3.8, 4) is 5.75 Å². The van der Waals surface area contributed by atoms with Gasteiger partial charge in [-0.1, -0.05) is 13.8 Å². The second-order valence-electron chi connectivity index (χ2n) is 5.76. The average molecular weight is 347 g/mol. The molecule has 1 aliphatic heterocycles. The van der Waals surface area contributed by atoms with Crippen LogP contribution in [0.1, 0.15) is 13.8 Å². The molecule has 2 atom stereocenters. The van der Waals surface area contributed by atoms with Crippen LogP contribution in [-0.2, 0) is 19.7 Å². The summed E-state index contributed by atoms with van der Waals surface area (Å²) in [5, 5.41) is 2.10. The van der Waals surface area contributed by atoms with E-state index in [4.69, 9.17) is 4.74 Å². The Labute approximate surface area is 131 Å². The predicted octanol–water partition coefficient (Wildman–Crippen LogP) is 0.633. The van der Waals surface area contributed by atoms with Gasteiger partial charge in [0.2, 0.25) is 0 Å². The van der Waals surface area contributed by atoms with Gasteiger partial charge in [0.05, 0.1) is 28.8 Å². The maximum absolute atomic E-state index is 12.8. The van der Waals surface area contributed by atoms with Crippen LogP contribution in [0.2, 0.25) is 0 Å². The third-order valence-electron chi connectivity index (χ3n) is 3.63. The molecule has 1 aromatic carbocycles. The lowest BCUT2D eigenvalue weighted by molar-refractivity contribution is 0.414. The number of nitrogens with one attached hydrogen (secondary N) is 1. The minimum absolute atomic E-state index is 0.00636. The van der Waals surface area contributed by atoms with Crippen molar-refractivity contribution in [2.45, 2.75) is 36.1 Å². The molecule has 0 aromatic heterocycles. The standard InChI is InChI=1S/C14H21NO5S2/c1-10(2)15-13-8-21(16,17)9-14(13)22(18,19)12-6-4-11(20-3)5-7-12/h4-7,10,13-15H,8-9H2,1-3H3/t13-,14-/m0/s1. The quantitative estimate of drug-likeness (QED) is 0.840. The number of methoxy groups -OCH3 is 1. The van der Waals surface area contributed by atoms with Gasteiger partial charge in [-0.25, -0.2) is 16.8 Å². The van der Waals surface area contributed by atoms with Crippen LogP contribution in [-0.4, -0.2) is 52.8 Å². The van der Waals surface area contributed by atoms with E-state index in [2.05, 4.69) is 5.32 Å². The van der Waals surface area contributed by atoms with Gasteiger partial charge >= 0.3 is 0 Å². The molecule has 0 unspecified atom stereocenters. The van der Waals surface area contributed by atoms with E-state index in [9.17, 15) is 16.8 Å². The van der Waals surface area contributed by atoms with E-state index in [1.807, 2.05) is 13.8 Å². The number of rotatable bonds is 5. The van der Waals surface area contributed by atoms with Crippen molar-refractivity contribution in [2.75, 3.05) is 18.6 Å². The van der Waals surface area contributed by atoms with E-state index in [0.717, 1.165) is 0 Å². The van der Waals surface area contributed by atoms with Crippen molar-refractivity contribution in [2.24, 2.45) is 0 Å². The summed E-state index contributed by atoms with van der Waals surface area (Å²) in [7, 11) is -5.59. The van der Waals surface area contributed by atoms with Crippen molar-refractivity contribution in [1.29, 1.82) is 0 Å². The van der Waals surface area contributed by atoms with Crippen LogP contribution in [0.15, 0.2) is 29.2 Å². The number of benzene rings is 1. The first kappa shape index (κ1) is 17.2. The molecule has 1 N–H and O–H groups in total. The molecule has 1 aliphatic rings. The van der Waals surface area contributed by atoms with Gasteiger partial charge in [-0.15, -0.1) is 0 Å². The Morgan fingerprint density at radius 2 is 1.77 bits per heavy atom. The van der Waals surface area contributed by atoms with Crippen LogP contribution in [0.5, 0.6) is 5.75 Å². The molecule has 0 bridgehead atoms. The smallest absolute Gasteiger partial charge is 0.183 e. The molecule has 1 fully saturated rings. The van der Waals surface area contributed by atoms with Gasteiger partial charge in [0.15, 0.2) is 19.7 Å². The Kier molecular flexibility index (Phi) is 4.84. The Balaban J connectivity index is 2.36. The highest BCUT2D eigenvalue weighted by Gasteiger charge is 2.45. The molecule has 1 aromatic rings. The first-order chi connectivity index (χ1) is 10.2. The SMILES string of the molecule is COc1ccc(S(=O)(=O)[C@H]2CS(=O)(=O)C[C@@H]2NC(C)C)cc1. The zero-order chi connectivity index (χ0) is 16.5. The number of ether oxygens (including phenoxy) is 1. The predicted molar refractivity (Wildman–Crippen MR) is 84.7 cm³/mol. The van der Waals surface area contributed by atoms with E-state index in [1.54, 1.807) is 12.1 Å². The summed E-state index contributed by atoms with van der Waals surface area (Å²) in [6.45, 7) is 3.73. The van der Waals surface area contributed by atoms with Crippen LogP contribution in [0.4, 0.5) is 0 Å². The number of hydrogen-bond donors (Lipinski definition) is 1. The Morgan fingerprint density at radius 3 is 2.27 bits per heavy atom. The van der Waals surface area contributed by atoms with Crippen LogP contribution in [0.25, 0.3) is 0 Å². The van der Waals surface area contributed by atoms with Gasteiger partial charge in [0.25, 0.3) is 0 Å². The highest BCUT2D eigenvalue weighted by Crippen LogP contribution is 2.27. The summed E-state index contributed by atoms with van der Waals surface area (Å²) >= 11 is 0. The Bertz CT molecular complexity index is 723. The maximum Gasteiger partial charge on any atom is 0.183 e.